The Bertz CT molecular complexity index is 720. The van der Waals surface area contributed by atoms with E-state index in [-0.39, 0.29) is 17.9 Å². The molecule has 2 atom stereocenters. The van der Waals surface area contributed by atoms with Crippen LogP contribution in [0.2, 0.25) is 0 Å². The Hall–Kier alpha value is -1.25. The molecule has 26 heavy (non-hydrogen) atoms. The summed E-state index contributed by atoms with van der Waals surface area (Å²) in [5.41, 5.74) is 1.06. The lowest BCUT2D eigenvalue weighted by atomic mass is 10.2. The fraction of sp³-hybridized carbons (Fsp3) is 0.778. The molecule has 0 spiro atoms. The molecule has 2 aliphatic heterocycles. The van der Waals surface area contributed by atoms with Crippen molar-refractivity contribution < 1.29 is 13.2 Å². The first-order chi connectivity index (χ1) is 12.5. The number of hydrogen-bond acceptors (Lipinski definition) is 6. The molecule has 0 N–H and O–H groups in total. The van der Waals surface area contributed by atoms with Crippen molar-refractivity contribution in [2.75, 3.05) is 31.9 Å². The van der Waals surface area contributed by atoms with Crippen LogP contribution in [-0.2, 0) is 10.0 Å². The second-order valence-electron chi connectivity index (χ2n) is 7.71. The van der Waals surface area contributed by atoms with E-state index in [9.17, 15) is 8.42 Å². The average molecular weight is 381 g/mol. The first kappa shape index (κ1) is 18.1. The highest BCUT2D eigenvalue weighted by Gasteiger charge is 2.40. The van der Waals surface area contributed by atoms with Gasteiger partial charge in [-0.1, -0.05) is 13.3 Å². The summed E-state index contributed by atoms with van der Waals surface area (Å²) >= 11 is 0. The van der Waals surface area contributed by atoms with Crippen molar-refractivity contribution in [1.29, 1.82) is 0 Å². The minimum atomic E-state index is -3.12. The quantitative estimate of drug-likeness (QED) is 0.716. The normalized spacial score (nSPS) is 27.4. The minimum absolute atomic E-state index is 0.0550. The van der Waals surface area contributed by atoms with Gasteiger partial charge >= 0.3 is 0 Å². The fourth-order valence-corrected chi connectivity index (χ4v) is 5.58. The molecule has 1 aliphatic carbocycles. The van der Waals surface area contributed by atoms with E-state index in [1.807, 2.05) is 13.1 Å². The summed E-state index contributed by atoms with van der Waals surface area (Å²) < 4.78 is 32.6. The molecule has 3 heterocycles. The third kappa shape index (κ3) is 4.02. The maximum Gasteiger partial charge on any atom is 0.232 e. The van der Waals surface area contributed by atoms with Gasteiger partial charge in [0.15, 0.2) is 0 Å². The SMILES string of the molecule is CCCCS(=O)(=O)N1CCN2C[C@H](Oc3cnc(C4CC4)cn3)C[C@H]2C1. The second-order valence-corrected chi connectivity index (χ2v) is 9.79. The van der Waals surface area contributed by atoms with E-state index < -0.39 is 10.0 Å². The van der Waals surface area contributed by atoms with Gasteiger partial charge < -0.3 is 4.74 Å². The second kappa shape index (κ2) is 7.40. The van der Waals surface area contributed by atoms with Gasteiger partial charge in [0.05, 0.1) is 23.8 Å². The Kier molecular flexibility index (Phi) is 5.16. The molecule has 144 valence electrons. The van der Waals surface area contributed by atoms with E-state index in [2.05, 4.69) is 14.9 Å². The largest absolute Gasteiger partial charge is 0.472 e. The number of nitrogens with zero attached hydrogens (tertiary/aromatic N) is 4. The van der Waals surface area contributed by atoms with Crippen LogP contribution in [0.1, 0.15) is 50.6 Å². The highest BCUT2D eigenvalue weighted by Crippen LogP contribution is 2.38. The van der Waals surface area contributed by atoms with Crippen LogP contribution in [-0.4, -0.2) is 71.7 Å². The van der Waals surface area contributed by atoms with Crippen molar-refractivity contribution in [3.8, 4) is 5.88 Å². The Labute approximate surface area is 155 Å². The van der Waals surface area contributed by atoms with Gasteiger partial charge in [0.1, 0.15) is 6.10 Å². The number of sulfonamides is 1. The van der Waals surface area contributed by atoms with Gasteiger partial charge in [-0.3, -0.25) is 9.88 Å². The van der Waals surface area contributed by atoms with E-state index >= 15 is 0 Å². The fourth-order valence-electron chi connectivity index (χ4n) is 3.91. The van der Waals surface area contributed by atoms with Gasteiger partial charge in [-0.05, 0) is 19.3 Å². The van der Waals surface area contributed by atoms with E-state index in [1.165, 1.54) is 12.8 Å². The van der Waals surface area contributed by atoms with Gasteiger partial charge in [-0.2, -0.15) is 4.31 Å². The van der Waals surface area contributed by atoms with Crippen molar-refractivity contribution in [2.24, 2.45) is 0 Å². The van der Waals surface area contributed by atoms with Crippen LogP contribution in [0.3, 0.4) is 0 Å². The Morgan fingerprint density at radius 2 is 2.04 bits per heavy atom. The summed E-state index contributed by atoms with van der Waals surface area (Å²) in [5, 5.41) is 0. The van der Waals surface area contributed by atoms with Crippen molar-refractivity contribution in [2.45, 2.75) is 57.1 Å². The molecule has 4 rings (SSSR count). The Morgan fingerprint density at radius 3 is 2.73 bits per heavy atom. The lowest BCUT2D eigenvalue weighted by Gasteiger charge is -2.36. The van der Waals surface area contributed by atoms with Crippen LogP contribution in [0.15, 0.2) is 12.4 Å². The predicted octanol–water partition coefficient (Wildman–Crippen LogP) is 1.62. The van der Waals surface area contributed by atoms with Gasteiger partial charge in [0, 0.05) is 44.6 Å². The van der Waals surface area contributed by atoms with E-state index in [0.717, 1.165) is 38.0 Å². The number of piperazine rings is 1. The van der Waals surface area contributed by atoms with Crippen molar-refractivity contribution >= 4 is 10.0 Å². The standard InChI is InChI=1S/C18H28N4O3S/c1-2-3-8-26(23,24)22-7-6-21-13-16(9-15(21)12-22)25-18-11-19-17(10-20-18)14-4-5-14/h10-11,14-16H,2-9,12-13H2,1H3/t15-,16+/m0/s1. The molecule has 3 fully saturated rings. The zero-order valence-corrected chi connectivity index (χ0v) is 16.2. The number of hydrogen-bond donors (Lipinski definition) is 0. The molecule has 7 nitrogen and oxygen atoms in total. The lowest BCUT2D eigenvalue weighted by Crippen LogP contribution is -2.52. The highest BCUT2D eigenvalue weighted by atomic mass is 32.2. The first-order valence-electron chi connectivity index (χ1n) is 9.75. The summed E-state index contributed by atoms with van der Waals surface area (Å²) in [7, 11) is -3.12. The van der Waals surface area contributed by atoms with Crippen LogP contribution in [0, 0.1) is 0 Å². The van der Waals surface area contributed by atoms with Gasteiger partial charge in [0.25, 0.3) is 0 Å². The third-order valence-electron chi connectivity index (χ3n) is 5.62. The maximum atomic E-state index is 12.5. The minimum Gasteiger partial charge on any atom is -0.472 e. The summed E-state index contributed by atoms with van der Waals surface area (Å²) in [6, 6.07) is 0.240. The Balaban J connectivity index is 1.32. The van der Waals surface area contributed by atoms with Crippen LogP contribution >= 0.6 is 0 Å². The molecule has 3 aliphatic rings. The van der Waals surface area contributed by atoms with Crippen molar-refractivity contribution in [3.05, 3.63) is 18.1 Å². The van der Waals surface area contributed by atoms with E-state index in [0.29, 0.717) is 24.9 Å². The third-order valence-corrected chi connectivity index (χ3v) is 7.54. The van der Waals surface area contributed by atoms with Crippen LogP contribution < -0.4 is 4.74 Å². The lowest BCUT2D eigenvalue weighted by molar-refractivity contribution is 0.151. The number of rotatable bonds is 7. The summed E-state index contributed by atoms with van der Waals surface area (Å²) in [6.45, 7) is 4.80. The van der Waals surface area contributed by atoms with Crippen LogP contribution in [0.4, 0.5) is 0 Å². The van der Waals surface area contributed by atoms with Gasteiger partial charge in [0.2, 0.25) is 15.9 Å². The van der Waals surface area contributed by atoms with Crippen LogP contribution in [0.5, 0.6) is 5.88 Å². The molecule has 0 bridgehead atoms. The highest BCUT2D eigenvalue weighted by molar-refractivity contribution is 7.89. The summed E-state index contributed by atoms with van der Waals surface area (Å²) in [4.78, 5) is 11.2. The molecule has 1 aromatic heterocycles. The van der Waals surface area contributed by atoms with E-state index in [1.54, 1.807) is 10.5 Å². The predicted molar refractivity (Wildman–Crippen MR) is 98.7 cm³/mol. The zero-order chi connectivity index (χ0) is 18.1. The van der Waals surface area contributed by atoms with Crippen molar-refractivity contribution in [3.63, 3.8) is 0 Å². The maximum absolute atomic E-state index is 12.5. The van der Waals surface area contributed by atoms with E-state index in [4.69, 9.17) is 4.74 Å². The summed E-state index contributed by atoms with van der Waals surface area (Å²) in [6.07, 6.45) is 8.51. The zero-order valence-electron chi connectivity index (χ0n) is 15.4. The molecule has 0 unspecified atom stereocenters. The summed E-state index contributed by atoms with van der Waals surface area (Å²) in [5.74, 6) is 1.43. The molecule has 8 heteroatoms. The molecule has 0 aromatic carbocycles. The molecular weight excluding hydrogens is 352 g/mol. The van der Waals surface area contributed by atoms with Crippen molar-refractivity contribution in [1.82, 2.24) is 19.2 Å². The Morgan fingerprint density at radius 1 is 1.19 bits per heavy atom. The smallest absolute Gasteiger partial charge is 0.232 e. The first-order valence-corrected chi connectivity index (χ1v) is 11.4. The topological polar surface area (TPSA) is 75.6 Å². The molecular formula is C18H28N4O3S. The number of aromatic nitrogens is 2. The molecule has 0 amide bonds. The van der Waals surface area contributed by atoms with Gasteiger partial charge in [-0.25, -0.2) is 13.4 Å². The average Bonchev–Trinajstić information content (AvgIpc) is 3.40. The molecule has 2 saturated heterocycles. The number of ether oxygens (including phenoxy) is 1. The number of unbranched alkanes of at least 4 members (excludes halogenated alkanes) is 1. The molecule has 0 radical (unpaired) electrons. The number of fused-ring (bicyclic) bond motifs is 1. The van der Waals surface area contributed by atoms with Gasteiger partial charge in [-0.15, -0.1) is 0 Å². The molecule has 1 aromatic rings. The molecule has 1 saturated carbocycles. The monoisotopic (exact) mass is 380 g/mol. The van der Waals surface area contributed by atoms with Crippen LogP contribution in [0.25, 0.3) is 0 Å².